The number of rotatable bonds is 3. The Hall–Kier alpha value is -3.17. The molecule has 3 aromatic rings. The summed E-state index contributed by atoms with van der Waals surface area (Å²) in [6.07, 6.45) is -4.75. The maximum absolute atomic E-state index is 12.2. The van der Waals surface area contributed by atoms with Gasteiger partial charge in [-0.2, -0.15) is 0 Å². The third kappa shape index (κ3) is 7.73. The standard InChI is InChI=1S/C15H11F3N2O2.C7H9NS.C2H6/c1-8(19)9-2-5-13-12(6-9)20-11-4-3-10(7-14(11)21-13)22-15(16,17)18;1-6-2-4-7(9-8)5-3-6;1-2/h2-7,19-20H,1H3;2-5H,8H2,1H3;1-2H3. The molecule has 0 aromatic heterocycles. The Morgan fingerprint density at radius 2 is 1.64 bits per heavy atom. The Bertz CT molecular complexity index is 1090. The van der Waals surface area contributed by atoms with E-state index in [1.165, 1.54) is 35.7 Å². The molecule has 3 aromatic carbocycles. The van der Waals surface area contributed by atoms with Gasteiger partial charge in [-0.15, -0.1) is 13.2 Å². The van der Waals surface area contributed by atoms with Crippen molar-refractivity contribution < 1.29 is 22.6 Å². The number of aryl methyl sites for hydroxylation is 1. The molecule has 1 aliphatic heterocycles. The van der Waals surface area contributed by atoms with E-state index in [4.69, 9.17) is 15.3 Å². The summed E-state index contributed by atoms with van der Waals surface area (Å²) in [5.74, 6) is 0.374. The first-order valence-electron chi connectivity index (χ1n) is 10.1. The first-order valence-corrected chi connectivity index (χ1v) is 11.0. The van der Waals surface area contributed by atoms with E-state index < -0.39 is 6.36 Å². The van der Waals surface area contributed by atoms with E-state index in [0.29, 0.717) is 22.8 Å². The minimum absolute atomic E-state index is 0.244. The number of anilines is 2. The average Bonchev–Trinajstić information content (AvgIpc) is 2.78. The van der Waals surface area contributed by atoms with E-state index in [0.717, 1.165) is 10.5 Å². The van der Waals surface area contributed by atoms with Crippen molar-refractivity contribution in [3.05, 3.63) is 71.8 Å². The molecule has 4 N–H and O–H groups in total. The fourth-order valence-corrected chi connectivity index (χ4v) is 3.01. The lowest BCUT2D eigenvalue weighted by Crippen LogP contribution is -2.17. The Kier molecular flexibility index (Phi) is 9.19. The molecule has 4 rings (SSSR count). The zero-order valence-electron chi connectivity index (χ0n) is 18.7. The lowest BCUT2D eigenvalue weighted by Gasteiger charge is -2.23. The zero-order chi connectivity index (χ0) is 24.6. The molecule has 33 heavy (non-hydrogen) atoms. The molecule has 1 heterocycles. The van der Waals surface area contributed by atoms with Crippen LogP contribution in [-0.4, -0.2) is 12.1 Å². The number of alkyl halides is 3. The van der Waals surface area contributed by atoms with Crippen LogP contribution in [0.15, 0.2) is 65.6 Å². The van der Waals surface area contributed by atoms with Crippen LogP contribution in [-0.2, 0) is 0 Å². The van der Waals surface area contributed by atoms with Gasteiger partial charge < -0.3 is 20.2 Å². The summed E-state index contributed by atoms with van der Waals surface area (Å²) in [5.41, 5.74) is 3.59. The predicted molar refractivity (Wildman–Crippen MR) is 128 cm³/mol. The molecule has 0 atom stereocenters. The van der Waals surface area contributed by atoms with Crippen molar-refractivity contribution >= 4 is 29.0 Å². The molecule has 0 fully saturated rings. The van der Waals surface area contributed by atoms with Gasteiger partial charge in [-0.05, 0) is 73.8 Å². The predicted octanol–water partition coefficient (Wildman–Crippen LogP) is 7.81. The van der Waals surface area contributed by atoms with Crippen LogP contribution in [0.5, 0.6) is 17.2 Å². The van der Waals surface area contributed by atoms with Crippen LogP contribution >= 0.6 is 11.9 Å². The highest BCUT2D eigenvalue weighted by Gasteiger charge is 2.31. The topological polar surface area (TPSA) is 80.4 Å². The van der Waals surface area contributed by atoms with Crippen LogP contribution < -0.4 is 19.9 Å². The number of hydrogen-bond donors (Lipinski definition) is 3. The molecule has 0 amide bonds. The number of nitrogens with one attached hydrogen (secondary N) is 2. The van der Waals surface area contributed by atoms with Crippen molar-refractivity contribution in [1.29, 1.82) is 5.41 Å². The second kappa shape index (κ2) is 11.6. The van der Waals surface area contributed by atoms with Gasteiger partial charge in [0, 0.05) is 16.7 Å². The van der Waals surface area contributed by atoms with Gasteiger partial charge in [0.05, 0.1) is 11.4 Å². The van der Waals surface area contributed by atoms with E-state index in [1.54, 1.807) is 25.1 Å². The van der Waals surface area contributed by atoms with E-state index in [2.05, 4.69) is 29.1 Å². The second-order valence-corrected chi connectivity index (χ2v) is 7.41. The van der Waals surface area contributed by atoms with Gasteiger partial charge in [0.2, 0.25) is 0 Å². The van der Waals surface area contributed by atoms with Gasteiger partial charge in [-0.25, -0.2) is 0 Å². The van der Waals surface area contributed by atoms with E-state index in [-0.39, 0.29) is 11.5 Å². The van der Waals surface area contributed by atoms with Crippen LogP contribution in [0.2, 0.25) is 0 Å². The third-order valence-electron chi connectivity index (χ3n) is 4.25. The highest BCUT2D eigenvalue weighted by atomic mass is 32.2. The van der Waals surface area contributed by atoms with Crippen molar-refractivity contribution in [3.8, 4) is 17.2 Å². The maximum Gasteiger partial charge on any atom is 0.573 e. The summed E-state index contributed by atoms with van der Waals surface area (Å²) >= 11 is 1.28. The fraction of sp³-hybridized carbons (Fsp3) is 0.208. The largest absolute Gasteiger partial charge is 0.573 e. The zero-order valence-corrected chi connectivity index (χ0v) is 19.5. The number of ether oxygens (including phenoxy) is 2. The van der Waals surface area contributed by atoms with E-state index in [1.807, 2.05) is 26.0 Å². The molecule has 0 saturated carbocycles. The molecule has 1 aliphatic rings. The lowest BCUT2D eigenvalue weighted by molar-refractivity contribution is -0.274. The smallest absolute Gasteiger partial charge is 0.453 e. The number of hydrogen-bond acceptors (Lipinski definition) is 6. The van der Waals surface area contributed by atoms with Gasteiger partial charge in [0.15, 0.2) is 11.5 Å². The maximum atomic E-state index is 12.2. The molecular weight excluding hydrogens is 451 g/mol. The quantitative estimate of drug-likeness (QED) is 0.207. The molecule has 9 heteroatoms. The first kappa shape index (κ1) is 26.1. The summed E-state index contributed by atoms with van der Waals surface area (Å²) in [6, 6.07) is 17.1. The minimum Gasteiger partial charge on any atom is -0.453 e. The summed E-state index contributed by atoms with van der Waals surface area (Å²) in [5, 5.41) is 16.0. The molecule has 176 valence electrons. The number of nitrogens with two attached hydrogens (primary N) is 1. The molecule has 5 nitrogen and oxygen atoms in total. The monoisotopic (exact) mass is 477 g/mol. The highest BCUT2D eigenvalue weighted by molar-refractivity contribution is 7.97. The van der Waals surface area contributed by atoms with Gasteiger partial charge >= 0.3 is 6.36 Å². The lowest BCUT2D eigenvalue weighted by atomic mass is 10.1. The summed E-state index contributed by atoms with van der Waals surface area (Å²) in [4.78, 5) is 1.11. The number of halogens is 3. The van der Waals surface area contributed by atoms with Crippen molar-refractivity contribution in [2.24, 2.45) is 5.14 Å². The fourth-order valence-electron chi connectivity index (χ4n) is 2.72. The minimum atomic E-state index is -4.75. The van der Waals surface area contributed by atoms with Crippen molar-refractivity contribution in [2.45, 2.75) is 39.0 Å². The molecule has 0 radical (unpaired) electrons. The van der Waals surface area contributed by atoms with Crippen LogP contribution in [0, 0.1) is 12.3 Å². The van der Waals surface area contributed by atoms with Crippen LogP contribution in [0.4, 0.5) is 24.5 Å². The summed E-state index contributed by atoms with van der Waals surface area (Å²) < 4.78 is 46.2. The Balaban J connectivity index is 0.000000293. The Morgan fingerprint density at radius 3 is 2.21 bits per heavy atom. The third-order valence-corrected chi connectivity index (χ3v) is 4.79. The van der Waals surface area contributed by atoms with Crippen LogP contribution in [0.25, 0.3) is 0 Å². The summed E-state index contributed by atoms with van der Waals surface area (Å²) in [6.45, 7) is 7.73. The summed E-state index contributed by atoms with van der Waals surface area (Å²) in [7, 11) is 0. The molecule has 0 unspecified atom stereocenters. The Morgan fingerprint density at radius 1 is 0.970 bits per heavy atom. The average molecular weight is 478 g/mol. The Labute approximate surface area is 195 Å². The molecule has 0 aliphatic carbocycles. The number of fused-ring (bicyclic) bond motifs is 2. The van der Waals surface area contributed by atoms with E-state index in [9.17, 15) is 13.2 Å². The van der Waals surface area contributed by atoms with Gasteiger partial charge in [-0.1, -0.05) is 31.5 Å². The van der Waals surface area contributed by atoms with Crippen molar-refractivity contribution in [1.82, 2.24) is 0 Å². The normalized spacial score (nSPS) is 11.2. The van der Waals surface area contributed by atoms with Gasteiger partial charge in [0.1, 0.15) is 5.75 Å². The SMILES string of the molecule is CC.CC(=N)c1ccc2c(c1)Nc1ccc(OC(F)(F)F)cc1O2.Cc1ccc(SN)cc1. The van der Waals surface area contributed by atoms with E-state index >= 15 is 0 Å². The molecular formula is C24H26F3N3O2S. The van der Waals surface area contributed by atoms with Gasteiger partial charge in [0.25, 0.3) is 0 Å². The molecule has 0 saturated heterocycles. The van der Waals surface area contributed by atoms with Gasteiger partial charge in [-0.3, -0.25) is 5.14 Å². The van der Waals surface area contributed by atoms with Crippen LogP contribution in [0.3, 0.4) is 0 Å². The second-order valence-electron chi connectivity index (χ2n) is 6.70. The first-order chi connectivity index (χ1) is 15.6. The van der Waals surface area contributed by atoms with Crippen molar-refractivity contribution in [3.63, 3.8) is 0 Å². The number of benzene rings is 3. The van der Waals surface area contributed by atoms with Crippen molar-refractivity contribution in [2.75, 3.05) is 5.32 Å². The van der Waals surface area contributed by atoms with Crippen LogP contribution in [0.1, 0.15) is 31.9 Å². The molecule has 0 bridgehead atoms. The highest BCUT2D eigenvalue weighted by Crippen LogP contribution is 2.44. The molecule has 0 spiro atoms.